The van der Waals surface area contributed by atoms with Gasteiger partial charge in [0.05, 0.1) is 18.5 Å². The van der Waals surface area contributed by atoms with E-state index in [0.29, 0.717) is 19.4 Å². The first-order chi connectivity index (χ1) is 8.69. The first-order valence-corrected chi connectivity index (χ1v) is 5.93. The molecule has 0 atom stereocenters. The Labute approximate surface area is 105 Å². The molecule has 2 aromatic rings. The average Bonchev–Trinajstić information content (AvgIpc) is 2.36. The Hall–Kier alpha value is -2.10. The fourth-order valence-corrected chi connectivity index (χ4v) is 1.76. The minimum Gasteiger partial charge on any atom is -0.508 e. The fourth-order valence-electron chi connectivity index (χ4n) is 1.76. The highest BCUT2D eigenvalue weighted by molar-refractivity contribution is 5.80. The van der Waals surface area contributed by atoms with Crippen molar-refractivity contribution in [3.05, 3.63) is 36.0 Å². The molecule has 0 amide bonds. The van der Waals surface area contributed by atoms with Gasteiger partial charge in [0.15, 0.2) is 0 Å². The van der Waals surface area contributed by atoms with Gasteiger partial charge in [0.25, 0.3) is 0 Å². The maximum atomic E-state index is 11.2. The summed E-state index contributed by atoms with van der Waals surface area (Å²) < 4.78 is 4.87. The lowest BCUT2D eigenvalue weighted by Crippen LogP contribution is -2.05. The van der Waals surface area contributed by atoms with E-state index in [1.54, 1.807) is 25.1 Å². The molecule has 18 heavy (non-hydrogen) atoms. The Kier molecular flexibility index (Phi) is 3.77. The molecule has 0 fully saturated rings. The number of phenolic OH excluding ortho intramolecular Hbond substituents is 1. The van der Waals surface area contributed by atoms with Gasteiger partial charge in [0.2, 0.25) is 0 Å². The Morgan fingerprint density at radius 3 is 2.94 bits per heavy atom. The number of pyridine rings is 1. The quantitative estimate of drug-likeness (QED) is 0.840. The van der Waals surface area contributed by atoms with E-state index < -0.39 is 0 Å². The molecule has 0 saturated heterocycles. The van der Waals surface area contributed by atoms with Crippen LogP contribution in [0.1, 0.15) is 19.0 Å². The number of hydrogen-bond donors (Lipinski definition) is 1. The van der Waals surface area contributed by atoms with E-state index in [2.05, 4.69) is 4.98 Å². The van der Waals surface area contributed by atoms with Crippen molar-refractivity contribution in [1.82, 2.24) is 4.98 Å². The van der Waals surface area contributed by atoms with Crippen LogP contribution in [0, 0.1) is 0 Å². The predicted octanol–water partition coefficient (Wildman–Crippen LogP) is 2.44. The lowest BCUT2D eigenvalue weighted by molar-refractivity contribution is -0.143. The summed E-state index contributed by atoms with van der Waals surface area (Å²) in [6.07, 6.45) is 0.903. The molecule has 2 rings (SSSR count). The molecule has 4 heteroatoms. The van der Waals surface area contributed by atoms with Crippen LogP contribution in [-0.4, -0.2) is 22.7 Å². The number of benzene rings is 1. The van der Waals surface area contributed by atoms with Crippen LogP contribution in [0.4, 0.5) is 0 Å². The Morgan fingerprint density at radius 2 is 2.17 bits per heavy atom. The number of carbonyl (C=O) groups is 1. The number of aromatic hydroxyl groups is 1. The van der Waals surface area contributed by atoms with Crippen molar-refractivity contribution in [1.29, 1.82) is 0 Å². The van der Waals surface area contributed by atoms with Crippen molar-refractivity contribution in [2.45, 2.75) is 19.8 Å². The van der Waals surface area contributed by atoms with Gasteiger partial charge in [-0.25, -0.2) is 0 Å². The molecule has 94 valence electrons. The molecule has 0 aliphatic rings. The van der Waals surface area contributed by atoms with Crippen LogP contribution in [0.25, 0.3) is 10.9 Å². The molecule has 1 aromatic carbocycles. The van der Waals surface area contributed by atoms with Crippen LogP contribution in [0.2, 0.25) is 0 Å². The molecular formula is C14H15NO3. The van der Waals surface area contributed by atoms with Crippen LogP contribution >= 0.6 is 0 Å². The van der Waals surface area contributed by atoms with Gasteiger partial charge in [-0.05, 0) is 31.2 Å². The van der Waals surface area contributed by atoms with E-state index in [1.165, 1.54) is 0 Å². The SMILES string of the molecule is CCOC(=O)CCc1ccc2cc(O)ccc2n1. The Balaban J connectivity index is 2.10. The van der Waals surface area contributed by atoms with Gasteiger partial charge in [-0.15, -0.1) is 0 Å². The highest BCUT2D eigenvalue weighted by atomic mass is 16.5. The molecule has 4 nitrogen and oxygen atoms in total. The molecule has 0 aliphatic carbocycles. The fraction of sp³-hybridized carbons (Fsp3) is 0.286. The summed E-state index contributed by atoms with van der Waals surface area (Å²) >= 11 is 0. The molecule has 0 spiro atoms. The number of fused-ring (bicyclic) bond motifs is 1. The summed E-state index contributed by atoms with van der Waals surface area (Å²) in [6, 6.07) is 8.78. The van der Waals surface area contributed by atoms with Gasteiger partial charge in [0, 0.05) is 17.5 Å². The van der Waals surface area contributed by atoms with Crippen LogP contribution in [0.15, 0.2) is 30.3 Å². The molecule has 0 saturated carbocycles. The predicted molar refractivity (Wildman–Crippen MR) is 68.4 cm³/mol. The van der Waals surface area contributed by atoms with E-state index in [9.17, 15) is 9.90 Å². The van der Waals surface area contributed by atoms with E-state index in [4.69, 9.17) is 4.74 Å². The minimum absolute atomic E-state index is 0.204. The van der Waals surface area contributed by atoms with Crippen molar-refractivity contribution < 1.29 is 14.6 Å². The molecule has 1 N–H and O–H groups in total. The third kappa shape index (κ3) is 2.97. The molecular weight excluding hydrogens is 230 g/mol. The number of nitrogens with zero attached hydrogens (tertiary/aromatic N) is 1. The van der Waals surface area contributed by atoms with Gasteiger partial charge < -0.3 is 9.84 Å². The summed E-state index contributed by atoms with van der Waals surface area (Å²) in [5, 5.41) is 10.2. The first-order valence-electron chi connectivity index (χ1n) is 5.93. The maximum absolute atomic E-state index is 11.2. The molecule has 1 heterocycles. The average molecular weight is 245 g/mol. The molecule has 0 radical (unpaired) electrons. The molecule has 0 bridgehead atoms. The van der Waals surface area contributed by atoms with E-state index in [1.807, 2.05) is 12.1 Å². The Morgan fingerprint density at radius 1 is 1.33 bits per heavy atom. The monoisotopic (exact) mass is 245 g/mol. The topological polar surface area (TPSA) is 59.4 Å². The second-order valence-corrected chi connectivity index (χ2v) is 3.98. The third-order valence-electron chi connectivity index (χ3n) is 2.62. The lowest BCUT2D eigenvalue weighted by atomic mass is 10.1. The second-order valence-electron chi connectivity index (χ2n) is 3.98. The molecule has 0 unspecified atom stereocenters. The van der Waals surface area contributed by atoms with Gasteiger partial charge in [-0.1, -0.05) is 6.07 Å². The van der Waals surface area contributed by atoms with Gasteiger partial charge in [0.1, 0.15) is 5.75 Å². The van der Waals surface area contributed by atoms with Crippen LogP contribution in [0.5, 0.6) is 5.75 Å². The van der Waals surface area contributed by atoms with E-state index in [-0.39, 0.29) is 11.7 Å². The van der Waals surface area contributed by atoms with E-state index in [0.717, 1.165) is 16.6 Å². The smallest absolute Gasteiger partial charge is 0.306 e. The highest BCUT2D eigenvalue weighted by Gasteiger charge is 2.04. The zero-order chi connectivity index (χ0) is 13.0. The van der Waals surface area contributed by atoms with Crippen molar-refractivity contribution in [2.75, 3.05) is 6.61 Å². The number of hydrogen-bond acceptors (Lipinski definition) is 4. The van der Waals surface area contributed by atoms with Gasteiger partial charge in [-0.3, -0.25) is 9.78 Å². The third-order valence-corrected chi connectivity index (χ3v) is 2.62. The molecule has 0 aliphatic heterocycles. The van der Waals surface area contributed by atoms with Gasteiger partial charge >= 0.3 is 5.97 Å². The largest absolute Gasteiger partial charge is 0.508 e. The van der Waals surface area contributed by atoms with E-state index >= 15 is 0 Å². The lowest BCUT2D eigenvalue weighted by Gasteiger charge is -2.04. The van der Waals surface area contributed by atoms with Crippen LogP contribution in [-0.2, 0) is 16.0 Å². The number of rotatable bonds is 4. The summed E-state index contributed by atoms with van der Waals surface area (Å²) in [5.74, 6) is 0.0219. The molecule has 1 aromatic heterocycles. The zero-order valence-corrected chi connectivity index (χ0v) is 10.2. The minimum atomic E-state index is -0.204. The number of esters is 1. The number of carbonyl (C=O) groups excluding carboxylic acids is 1. The second kappa shape index (κ2) is 5.49. The maximum Gasteiger partial charge on any atom is 0.306 e. The highest BCUT2D eigenvalue weighted by Crippen LogP contribution is 2.18. The summed E-state index contributed by atoms with van der Waals surface area (Å²) in [7, 11) is 0. The standard InChI is InChI=1S/C14H15NO3/c1-2-18-14(17)8-5-11-4-3-10-9-12(16)6-7-13(10)15-11/h3-4,6-7,9,16H,2,5,8H2,1H3. The zero-order valence-electron chi connectivity index (χ0n) is 10.2. The number of ether oxygens (including phenoxy) is 1. The van der Waals surface area contributed by atoms with Crippen molar-refractivity contribution in [3.8, 4) is 5.75 Å². The van der Waals surface area contributed by atoms with Crippen molar-refractivity contribution in [2.24, 2.45) is 0 Å². The Bertz CT molecular complexity index is 566. The normalized spacial score (nSPS) is 10.5. The van der Waals surface area contributed by atoms with Gasteiger partial charge in [-0.2, -0.15) is 0 Å². The summed E-state index contributed by atoms with van der Waals surface area (Å²) in [6.45, 7) is 2.20. The van der Waals surface area contributed by atoms with Crippen molar-refractivity contribution in [3.63, 3.8) is 0 Å². The van der Waals surface area contributed by atoms with Crippen LogP contribution in [0.3, 0.4) is 0 Å². The summed E-state index contributed by atoms with van der Waals surface area (Å²) in [4.78, 5) is 15.7. The summed E-state index contributed by atoms with van der Waals surface area (Å²) in [5.41, 5.74) is 1.66. The van der Waals surface area contributed by atoms with Crippen molar-refractivity contribution >= 4 is 16.9 Å². The van der Waals surface area contributed by atoms with Crippen LogP contribution < -0.4 is 0 Å². The first kappa shape index (κ1) is 12.4. The number of aryl methyl sites for hydroxylation is 1. The number of phenols is 1. The number of aromatic nitrogens is 1.